The third-order valence-electron chi connectivity index (χ3n) is 2.26. The van der Waals surface area contributed by atoms with Crippen molar-refractivity contribution in [2.24, 2.45) is 0 Å². The Morgan fingerprint density at radius 3 is 2.29 bits per heavy atom. The van der Waals surface area contributed by atoms with Crippen LogP contribution in [-0.2, 0) is 9.47 Å². The van der Waals surface area contributed by atoms with Gasteiger partial charge in [0.25, 0.3) is 0 Å². The van der Waals surface area contributed by atoms with Crippen molar-refractivity contribution in [1.29, 1.82) is 0 Å². The summed E-state index contributed by atoms with van der Waals surface area (Å²) < 4.78 is 71.3. The van der Waals surface area contributed by atoms with E-state index in [9.17, 15) is 22.0 Å². The number of halogens is 5. The van der Waals surface area contributed by atoms with E-state index in [-0.39, 0.29) is 0 Å². The van der Waals surface area contributed by atoms with Crippen LogP contribution < -0.4 is 0 Å². The van der Waals surface area contributed by atoms with Crippen LogP contribution in [-0.4, -0.2) is 46.9 Å². The maximum absolute atomic E-state index is 13.1. The van der Waals surface area contributed by atoms with Gasteiger partial charge in [-0.05, 0) is 0 Å². The Hall–Kier alpha value is -0.930. The number of aliphatic hydroxyl groups is 2. The molecule has 1 rings (SSSR count). The van der Waals surface area contributed by atoms with Crippen LogP contribution in [0.2, 0.25) is 0 Å². The lowest BCUT2D eigenvalue weighted by Crippen LogP contribution is -2.59. The van der Waals surface area contributed by atoms with Crippen molar-refractivity contribution in [3.05, 3.63) is 12.8 Å². The molecule has 1 fully saturated rings. The smallest absolute Gasteiger partial charge is 0.449 e. The summed E-state index contributed by atoms with van der Waals surface area (Å²) in [5, 5.41) is 17.9. The highest BCUT2D eigenvalue weighted by molar-refractivity contribution is 5.05. The minimum absolute atomic E-state index is 0.777. The number of hydrogen-bond donors (Lipinski definition) is 2. The van der Waals surface area contributed by atoms with E-state index in [1.165, 1.54) is 0 Å². The van der Waals surface area contributed by atoms with Gasteiger partial charge in [-0.15, -0.1) is 0 Å². The Morgan fingerprint density at radius 2 is 1.94 bits per heavy atom. The van der Waals surface area contributed by atoms with Crippen LogP contribution in [0, 0.1) is 0 Å². The fourth-order valence-electron chi connectivity index (χ4n) is 1.34. The van der Waals surface area contributed by atoms with Crippen LogP contribution in [0.1, 0.15) is 0 Å². The van der Waals surface area contributed by atoms with Crippen LogP contribution in [0.5, 0.6) is 0 Å². The standard InChI is InChI=1S/C8H9F5O4/c1-2-16-3-4-5(14)6(9,10)7(15,17-4)8(11,12)13/h2,4-5,14-15H,1,3H2. The fourth-order valence-corrected chi connectivity index (χ4v) is 1.34. The quantitative estimate of drug-likeness (QED) is 0.584. The SMILES string of the molecule is C=COCC1OC(O)(C(F)(F)F)C(F)(F)C1O. The molecule has 3 unspecified atom stereocenters. The number of ether oxygens (including phenoxy) is 2. The molecule has 3 atom stereocenters. The number of aliphatic hydroxyl groups excluding tert-OH is 1. The zero-order valence-electron chi connectivity index (χ0n) is 8.25. The molecule has 1 aliphatic rings. The normalized spacial score (nSPS) is 36.9. The van der Waals surface area contributed by atoms with Gasteiger partial charge < -0.3 is 19.7 Å². The minimum Gasteiger partial charge on any atom is -0.499 e. The first-order valence-electron chi connectivity index (χ1n) is 4.33. The van der Waals surface area contributed by atoms with Gasteiger partial charge in [0.1, 0.15) is 12.7 Å². The molecule has 0 radical (unpaired) electrons. The molecular weight excluding hydrogens is 255 g/mol. The molecule has 0 amide bonds. The van der Waals surface area contributed by atoms with E-state index in [2.05, 4.69) is 16.1 Å². The Balaban J connectivity index is 3.00. The monoisotopic (exact) mass is 264 g/mol. The lowest BCUT2D eigenvalue weighted by Gasteiger charge is -2.30. The highest BCUT2D eigenvalue weighted by Crippen LogP contribution is 2.51. The summed E-state index contributed by atoms with van der Waals surface area (Å²) in [4.78, 5) is 0. The molecule has 9 heteroatoms. The van der Waals surface area contributed by atoms with Crippen molar-refractivity contribution in [3.63, 3.8) is 0 Å². The second kappa shape index (κ2) is 4.07. The summed E-state index contributed by atoms with van der Waals surface area (Å²) in [5.41, 5.74) is 0. The van der Waals surface area contributed by atoms with Crippen LogP contribution in [0.25, 0.3) is 0 Å². The molecule has 1 heterocycles. The lowest BCUT2D eigenvalue weighted by molar-refractivity contribution is -0.409. The Bertz CT molecular complexity index is 305. The first-order valence-corrected chi connectivity index (χ1v) is 4.33. The van der Waals surface area contributed by atoms with Crippen molar-refractivity contribution in [1.82, 2.24) is 0 Å². The maximum atomic E-state index is 13.1. The molecule has 100 valence electrons. The van der Waals surface area contributed by atoms with Gasteiger partial charge in [0.15, 0.2) is 6.10 Å². The highest BCUT2D eigenvalue weighted by atomic mass is 19.4. The molecule has 0 aromatic heterocycles. The van der Waals surface area contributed by atoms with Crippen LogP contribution in [0.15, 0.2) is 12.8 Å². The van der Waals surface area contributed by atoms with Gasteiger partial charge in [-0.3, -0.25) is 0 Å². The van der Waals surface area contributed by atoms with Crippen LogP contribution in [0.3, 0.4) is 0 Å². The average Bonchev–Trinajstić information content (AvgIpc) is 2.36. The molecule has 0 bridgehead atoms. The predicted octanol–water partition coefficient (Wildman–Crippen LogP) is 0.792. The molecule has 2 N–H and O–H groups in total. The summed E-state index contributed by atoms with van der Waals surface area (Å²) in [6.07, 6.45) is -9.83. The van der Waals surface area contributed by atoms with E-state index in [1.54, 1.807) is 0 Å². The zero-order valence-corrected chi connectivity index (χ0v) is 8.25. The molecule has 0 saturated carbocycles. The molecule has 1 saturated heterocycles. The third-order valence-corrected chi connectivity index (χ3v) is 2.26. The first kappa shape index (κ1) is 14.1. The molecule has 0 spiro atoms. The average molecular weight is 264 g/mol. The van der Waals surface area contributed by atoms with Crippen molar-refractivity contribution in [2.75, 3.05) is 6.61 Å². The van der Waals surface area contributed by atoms with E-state index in [0.29, 0.717) is 0 Å². The largest absolute Gasteiger partial charge is 0.499 e. The Morgan fingerprint density at radius 1 is 1.41 bits per heavy atom. The second-order valence-corrected chi connectivity index (χ2v) is 3.37. The molecular formula is C8H9F5O4. The summed E-state index contributed by atoms with van der Waals surface area (Å²) >= 11 is 0. The zero-order chi connectivity index (χ0) is 13.5. The maximum Gasteiger partial charge on any atom is 0.449 e. The molecule has 0 aromatic rings. The van der Waals surface area contributed by atoms with Crippen molar-refractivity contribution >= 4 is 0 Å². The van der Waals surface area contributed by atoms with Crippen molar-refractivity contribution in [3.8, 4) is 0 Å². The van der Waals surface area contributed by atoms with Gasteiger partial charge in [0.05, 0.1) is 6.26 Å². The van der Waals surface area contributed by atoms with Crippen molar-refractivity contribution in [2.45, 2.75) is 30.1 Å². The molecule has 0 aromatic carbocycles. The van der Waals surface area contributed by atoms with Gasteiger partial charge in [-0.25, -0.2) is 0 Å². The Kier molecular flexibility index (Phi) is 3.38. The van der Waals surface area contributed by atoms with Crippen LogP contribution >= 0.6 is 0 Å². The summed E-state index contributed by atoms with van der Waals surface area (Å²) in [6, 6.07) is 0. The van der Waals surface area contributed by atoms with Gasteiger partial charge in [0.2, 0.25) is 0 Å². The second-order valence-electron chi connectivity index (χ2n) is 3.37. The molecule has 0 aliphatic carbocycles. The number of alkyl halides is 5. The summed E-state index contributed by atoms with van der Waals surface area (Å²) in [7, 11) is 0. The minimum atomic E-state index is -5.75. The fraction of sp³-hybridized carbons (Fsp3) is 0.750. The molecule has 1 aliphatic heterocycles. The van der Waals surface area contributed by atoms with E-state index in [4.69, 9.17) is 10.2 Å². The molecule has 4 nitrogen and oxygen atoms in total. The van der Waals surface area contributed by atoms with E-state index < -0.39 is 36.7 Å². The highest BCUT2D eigenvalue weighted by Gasteiger charge is 2.79. The van der Waals surface area contributed by atoms with E-state index in [0.717, 1.165) is 6.26 Å². The van der Waals surface area contributed by atoms with Gasteiger partial charge in [-0.2, -0.15) is 22.0 Å². The van der Waals surface area contributed by atoms with E-state index >= 15 is 0 Å². The third kappa shape index (κ3) is 1.98. The Labute approximate surface area is 92.2 Å². The van der Waals surface area contributed by atoms with Crippen molar-refractivity contribution < 1.29 is 41.6 Å². The van der Waals surface area contributed by atoms with Gasteiger partial charge in [-0.1, -0.05) is 6.58 Å². The number of hydrogen-bond acceptors (Lipinski definition) is 4. The number of rotatable bonds is 3. The summed E-state index contributed by atoms with van der Waals surface area (Å²) in [6.45, 7) is 2.24. The van der Waals surface area contributed by atoms with Gasteiger partial charge >= 0.3 is 17.9 Å². The predicted molar refractivity (Wildman–Crippen MR) is 43.0 cm³/mol. The molecule has 17 heavy (non-hydrogen) atoms. The lowest BCUT2D eigenvalue weighted by atomic mass is 10.0. The topological polar surface area (TPSA) is 58.9 Å². The van der Waals surface area contributed by atoms with E-state index in [1.807, 2.05) is 0 Å². The van der Waals surface area contributed by atoms with Gasteiger partial charge in [0, 0.05) is 0 Å². The first-order chi connectivity index (χ1) is 7.58. The summed E-state index contributed by atoms with van der Waals surface area (Å²) in [5.74, 6) is -9.62. The van der Waals surface area contributed by atoms with Crippen LogP contribution in [0.4, 0.5) is 22.0 Å².